The van der Waals surface area contributed by atoms with Gasteiger partial charge in [-0.1, -0.05) is 31.6 Å². The number of hydrogen-bond donors (Lipinski definition) is 3. The van der Waals surface area contributed by atoms with Crippen molar-refractivity contribution >= 4 is 39.7 Å². The second kappa shape index (κ2) is 6.07. The highest BCUT2D eigenvalue weighted by Crippen LogP contribution is 2.35. The Morgan fingerprint density at radius 2 is 2.09 bits per heavy atom. The van der Waals surface area contributed by atoms with Gasteiger partial charge < -0.3 is 16.0 Å². The molecule has 0 aliphatic carbocycles. The van der Waals surface area contributed by atoms with Crippen molar-refractivity contribution < 1.29 is 4.79 Å². The van der Waals surface area contributed by atoms with Gasteiger partial charge in [0.05, 0.1) is 0 Å². The van der Waals surface area contributed by atoms with Crippen LogP contribution in [0.3, 0.4) is 0 Å². The zero-order chi connectivity index (χ0) is 16.6. The van der Waals surface area contributed by atoms with E-state index >= 15 is 0 Å². The van der Waals surface area contributed by atoms with Gasteiger partial charge in [-0.2, -0.15) is 0 Å². The Balaban J connectivity index is 1.95. The van der Waals surface area contributed by atoms with Crippen LogP contribution >= 0.6 is 11.3 Å². The van der Waals surface area contributed by atoms with Crippen LogP contribution < -0.4 is 16.0 Å². The SMILES string of the molecule is CCC(C)C1Nc2nc(C)nc(Nc3nnc(C)s3)c2NC1=O. The van der Waals surface area contributed by atoms with E-state index in [0.717, 1.165) is 11.4 Å². The summed E-state index contributed by atoms with van der Waals surface area (Å²) in [7, 11) is 0. The average Bonchev–Trinajstić information content (AvgIpc) is 2.91. The highest BCUT2D eigenvalue weighted by Gasteiger charge is 2.32. The number of carbonyl (C=O) groups is 1. The quantitative estimate of drug-likeness (QED) is 0.789. The first kappa shape index (κ1) is 15.6. The molecular formula is C14H19N7OS. The maximum absolute atomic E-state index is 12.4. The molecule has 1 aliphatic heterocycles. The van der Waals surface area contributed by atoms with Crippen LogP contribution in [0.25, 0.3) is 0 Å². The zero-order valence-corrected chi connectivity index (χ0v) is 14.3. The third-order valence-electron chi connectivity index (χ3n) is 3.81. The minimum atomic E-state index is -0.293. The fraction of sp³-hybridized carbons (Fsp3) is 0.500. The lowest BCUT2D eigenvalue weighted by molar-refractivity contribution is -0.118. The van der Waals surface area contributed by atoms with Gasteiger partial charge in [0.1, 0.15) is 22.6 Å². The number of hydrogen-bond acceptors (Lipinski definition) is 8. The molecule has 3 rings (SSSR count). The third kappa shape index (κ3) is 3.09. The molecule has 0 radical (unpaired) electrons. The normalized spacial score (nSPS) is 17.9. The van der Waals surface area contributed by atoms with Crippen molar-refractivity contribution in [2.24, 2.45) is 5.92 Å². The number of rotatable bonds is 4. The van der Waals surface area contributed by atoms with Crippen LogP contribution in [0.2, 0.25) is 0 Å². The third-order valence-corrected chi connectivity index (χ3v) is 4.56. The summed E-state index contributed by atoms with van der Waals surface area (Å²) in [5.41, 5.74) is 0.549. The predicted molar refractivity (Wildman–Crippen MR) is 90.2 cm³/mol. The van der Waals surface area contributed by atoms with Gasteiger partial charge in [-0.3, -0.25) is 4.79 Å². The largest absolute Gasteiger partial charge is 0.356 e. The second-order valence-corrected chi connectivity index (χ2v) is 6.77. The van der Waals surface area contributed by atoms with E-state index < -0.39 is 0 Å². The van der Waals surface area contributed by atoms with E-state index in [1.165, 1.54) is 11.3 Å². The van der Waals surface area contributed by atoms with Gasteiger partial charge >= 0.3 is 0 Å². The Kier molecular flexibility index (Phi) is 4.12. The zero-order valence-electron chi connectivity index (χ0n) is 13.5. The monoisotopic (exact) mass is 333 g/mol. The molecule has 2 atom stereocenters. The molecule has 3 heterocycles. The summed E-state index contributed by atoms with van der Waals surface area (Å²) in [5.74, 6) is 1.90. The van der Waals surface area contributed by atoms with Crippen molar-refractivity contribution in [3.63, 3.8) is 0 Å². The topological polar surface area (TPSA) is 105 Å². The molecule has 0 bridgehead atoms. The van der Waals surface area contributed by atoms with Crippen LogP contribution in [0.4, 0.5) is 22.5 Å². The van der Waals surface area contributed by atoms with Crippen LogP contribution in [0.15, 0.2) is 0 Å². The highest BCUT2D eigenvalue weighted by atomic mass is 32.1. The molecule has 3 N–H and O–H groups in total. The van der Waals surface area contributed by atoms with Gasteiger partial charge in [0, 0.05) is 0 Å². The van der Waals surface area contributed by atoms with Crippen molar-refractivity contribution in [1.29, 1.82) is 0 Å². The van der Waals surface area contributed by atoms with Gasteiger partial charge in [-0.15, -0.1) is 10.2 Å². The van der Waals surface area contributed by atoms with E-state index in [1.807, 2.05) is 20.8 Å². The van der Waals surface area contributed by atoms with Gasteiger partial charge in [0.2, 0.25) is 11.0 Å². The predicted octanol–water partition coefficient (Wildman–Crippen LogP) is 2.47. The number of aryl methyl sites for hydroxylation is 2. The Morgan fingerprint density at radius 1 is 1.30 bits per heavy atom. The molecule has 0 saturated heterocycles. The van der Waals surface area contributed by atoms with Gasteiger partial charge in [0.25, 0.3) is 0 Å². The van der Waals surface area contributed by atoms with Crippen molar-refractivity contribution in [1.82, 2.24) is 20.2 Å². The Morgan fingerprint density at radius 3 is 2.74 bits per heavy atom. The smallest absolute Gasteiger partial charge is 0.247 e. The number of nitrogens with one attached hydrogen (secondary N) is 3. The standard InChI is InChI=1S/C14H19N7OS/c1-5-6(2)9-13(22)18-10-11(17-9)15-7(3)16-12(10)19-14-21-20-8(4)23-14/h6,9H,5H2,1-4H3,(H,18,22)(H2,15,16,17,19,21). The first-order valence-electron chi connectivity index (χ1n) is 7.51. The minimum absolute atomic E-state index is 0.0733. The van der Waals surface area contributed by atoms with E-state index in [-0.39, 0.29) is 17.9 Å². The summed E-state index contributed by atoms with van der Waals surface area (Å²) < 4.78 is 0. The maximum atomic E-state index is 12.4. The molecule has 9 heteroatoms. The number of anilines is 4. The lowest BCUT2D eigenvalue weighted by atomic mass is 9.97. The second-order valence-electron chi connectivity index (χ2n) is 5.59. The Labute approximate surface area is 138 Å². The lowest BCUT2D eigenvalue weighted by Crippen LogP contribution is -2.43. The van der Waals surface area contributed by atoms with Gasteiger partial charge in [0.15, 0.2) is 11.6 Å². The molecule has 0 spiro atoms. The van der Waals surface area contributed by atoms with Gasteiger partial charge in [-0.25, -0.2) is 9.97 Å². The summed E-state index contributed by atoms with van der Waals surface area (Å²) in [6, 6.07) is -0.293. The molecule has 122 valence electrons. The molecule has 2 aromatic heterocycles. The number of carbonyl (C=O) groups excluding carboxylic acids is 1. The highest BCUT2D eigenvalue weighted by molar-refractivity contribution is 7.15. The Hall–Kier alpha value is -2.29. The molecule has 23 heavy (non-hydrogen) atoms. The Bertz CT molecular complexity index is 745. The van der Waals surface area contributed by atoms with Gasteiger partial charge in [-0.05, 0) is 19.8 Å². The molecule has 0 aromatic carbocycles. The molecule has 1 aliphatic rings. The number of amides is 1. The molecule has 0 saturated carbocycles. The van der Waals surface area contributed by atoms with E-state index in [0.29, 0.717) is 28.3 Å². The summed E-state index contributed by atoms with van der Waals surface area (Å²) in [6.45, 7) is 7.79. The van der Waals surface area contributed by atoms with Crippen LogP contribution in [-0.2, 0) is 4.79 Å². The van der Waals surface area contributed by atoms with Crippen molar-refractivity contribution in [2.75, 3.05) is 16.0 Å². The minimum Gasteiger partial charge on any atom is -0.356 e. The summed E-state index contributed by atoms with van der Waals surface area (Å²) in [4.78, 5) is 21.2. The first-order chi connectivity index (χ1) is 11.0. The van der Waals surface area contributed by atoms with Crippen LogP contribution in [-0.4, -0.2) is 32.1 Å². The van der Waals surface area contributed by atoms with Crippen molar-refractivity contribution in [3.8, 4) is 0 Å². The van der Waals surface area contributed by atoms with Crippen molar-refractivity contribution in [3.05, 3.63) is 10.8 Å². The van der Waals surface area contributed by atoms with E-state index in [4.69, 9.17) is 0 Å². The van der Waals surface area contributed by atoms with Crippen LogP contribution in [0.1, 0.15) is 31.1 Å². The molecule has 1 amide bonds. The molecule has 0 fully saturated rings. The molecule has 2 unspecified atom stereocenters. The van der Waals surface area contributed by atoms with E-state index in [9.17, 15) is 4.79 Å². The number of aromatic nitrogens is 4. The lowest BCUT2D eigenvalue weighted by Gasteiger charge is -2.30. The number of fused-ring (bicyclic) bond motifs is 1. The van der Waals surface area contributed by atoms with Crippen LogP contribution in [0.5, 0.6) is 0 Å². The average molecular weight is 333 g/mol. The fourth-order valence-electron chi connectivity index (χ4n) is 2.38. The molecule has 8 nitrogen and oxygen atoms in total. The molecule has 2 aromatic rings. The van der Waals surface area contributed by atoms with Crippen molar-refractivity contribution in [2.45, 2.75) is 40.2 Å². The van der Waals surface area contributed by atoms with Crippen LogP contribution in [0, 0.1) is 19.8 Å². The maximum Gasteiger partial charge on any atom is 0.247 e. The number of nitrogens with zero attached hydrogens (tertiary/aromatic N) is 4. The summed E-state index contributed by atoms with van der Waals surface area (Å²) in [6.07, 6.45) is 0.902. The van der Waals surface area contributed by atoms with E-state index in [2.05, 4.69) is 43.0 Å². The summed E-state index contributed by atoms with van der Waals surface area (Å²) >= 11 is 1.42. The summed E-state index contributed by atoms with van der Waals surface area (Å²) in [5, 5.41) is 18.7. The van der Waals surface area contributed by atoms with E-state index in [1.54, 1.807) is 0 Å². The first-order valence-corrected chi connectivity index (χ1v) is 8.32. The fourth-order valence-corrected chi connectivity index (χ4v) is 2.98. The molecular weight excluding hydrogens is 314 g/mol.